The Labute approximate surface area is 201 Å². The third-order valence-corrected chi connectivity index (χ3v) is 7.86. The number of anilines is 1. The van der Waals surface area contributed by atoms with Gasteiger partial charge in [0.05, 0.1) is 4.90 Å². The first-order valence-corrected chi connectivity index (χ1v) is 13.9. The van der Waals surface area contributed by atoms with E-state index in [9.17, 15) is 13.2 Å². The molecule has 0 atom stereocenters. The van der Waals surface area contributed by atoms with Gasteiger partial charge in [-0.3, -0.25) is 9.36 Å². The highest BCUT2D eigenvalue weighted by atomic mass is 32.2. The molecule has 0 spiro atoms. The van der Waals surface area contributed by atoms with Gasteiger partial charge in [-0.2, -0.15) is 4.98 Å². The summed E-state index contributed by atoms with van der Waals surface area (Å²) >= 11 is 0. The highest BCUT2D eigenvalue weighted by Gasteiger charge is 2.18. The van der Waals surface area contributed by atoms with E-state index in [1.807, 2.05) is 6.92 Å². The fourth-order valence-electron chi connectivity index (χ4n) is 4.61. The number of pyridine rings is 1. The first-order valence-electron chi connectivity index (χ1n) is 12.0. The molecule has 8 nitrogen and oxygen atoms in total. The van der Waals surface area contributed by atoms with Gasteiger partial charge in [0.15, 0.2) is 9.84 Å². The summed E-state index contributed by atoms with van der Waals surface area (Å²) in [6, 6.07) is 8.17. The van der Waals surface area contributed by atoms with Crippen LogP contribution in [0.15, 0.2) is 46.2 Å². The fourth-order valence-corrected chi connectivity index (χ4v) is 5.24. The third kappa shape index (κ3) is 5.31. The summed E-state index contributed by atoms with van der Waals surface area (Å²) in [6.45, 7) is 8.89. The van der Waals surface area contributed by atoms with Gasteiger partial charge in [0.25, 0.3) is 5.56 Å². The largest absolute Gasteiger partial charge is 0.354 e. The smallest absolute Gasteiger partial charge is 0.260 e. The van der Waals surface area contributed by atoms with Crippen LogP contribution < -0.4 is 10.9 Å². The van der Waals surface area contributed by atoms with Crippen LogP contribution in [0.3, 0.4) is 0 Å². The molecule has 0 aliphatic carbocycles. The van der Waals surface area contributed by atoms with Crippen LogP contribution >= 0.6 is 0 Å². The zero-order valence-electron chi connectivity index (χ0n) is 20.1. The summed E-state index contributed by atoms with van der Waals surface area (Å²) in [7, 11) is -3.30. The minimum atomic E-state index is -3.30. The van der Waals surface area contributed by atoms with E-state index in [1.165, 1.54) is 44.3 Å². The summed E-state index contributed by atoms with van der Waals surface area (Å²) in [5.41, 5.74) is 1.60. The molecule has 0 bridgehead atoms. The standard InChI is InChI=1S/C25H33N5O3S/c1-4-29-14-11-18(12-15-29)10-13-26-25-27-17-20-16-22(24(31)30(5-2)23(20)28-25)19-6-8-21(9-7-19)34(3,32)33/h6-9,16-18H,4-5,10-15H2,1-3H3,(H,26,27,28). The van der Waals surface area contributed by atoms with E-state index in [-0.39, 0.29) is 10.5 Å². The molecule has 1 aliphatic rings. The van der Waals surface area contributed by atoms with Gasteiger partial charge in [0.1, 0.15) is 5.65 Å². The molecule has 1 saturated heterocycles. The van der Waals surface area contributed by atoms with Gasteiger partial charge >= 0.3 is 0 Å². The molecule has 4 rings (SSSR count). The zero-order chi connectivity index (χ0) is 24.3. The molecule has 1 fully saturated rings. The zero-order valence-corrected chi connectivity index (χ0v) is 20.9. The van der Waals surface area contributed by atoms with Crippen LogP contribution in [0.4, 0.5) is 5.95 Å². The second-order valence-electron chi connectivity index (χ2n) is 8.97. The maximum atomic E-state index is 13.2. The van der Waals surface area contributed by atoms with E-state index in [1.54, 1.807) is 29.0 Å². The Morgan fingerprint density at radius 2 is 1.79 bits per heavy atom. The van der Waals surface area contributed by atoms with E-state index < -0.39 is 9.84 Å². The predicted octanol–water partition coefficient (Wildman–Crippen LogP) is 3.42. The van der Waals surface area contributed by atoms with Gasteiger partial charge in [-0.05, 0) is 75.5 Å². The van der Waals surface area contributed by atoms with Crippen molar-refractivity contribution in [2.24, 2.45) is 5.92 Å². The van der Waals surface area contributed by atoms with Crippen molar-refractivity contribution in [3.05, 3.63) is 46.9 Å². The Kier molecular flexibility index (Phi) is 7.33. The van der Waals surface area contributed by atoms with Crippen molar-refractivity contribution < 1.29 is 8.42 Å². The summed E-state index contributed by atoms with van der Waals surface area (Å²) in [4.78, 5) is 25.1. The van der Waals surface area contributed by atoms with E-state index >= 15 is 0 Å². The molecule has 0 unspecified atom stereocenters. The normalized spacial score (nSPS) is 15.6. The molecule has 1 aliphatic heterocycles. The summed E-state index contributed by atoms with van der Waals surface area (Å²) in [6.07, 6.45) is 6.46. The molecular formula is C25H33N5O3S. The van der Waals surface area contributed by atoms with Crippen molar-refractivity contribution in [2.75, 3.05) is 37.8 Å². The maximum absolute atomic E-state index is 13.2. The molecule has 2 aromatic heterocycles. The lowest BCUT2D eigenvalue weighted by Gasteiger charge is -2.31. The average Bonchev–Trinajstić information content (AvgIpc) is 2.84. The van der Waals surface area contributed by atoms with Crippen LogP contribution in [-0.4, -0.2) is 60.3 Å². The van der Waals surface area contributed by atoms with Gasteiger partial charge in [-0.15, -0.1) is 0 Å². The maximum Gasteiger partial charge on any atom is 0.260 e. The molecule has 3 aromatic rings. The Balaban J connectivity index is 1.54. The number of nitrogens with zero attached hydrogens (tertiary/aromatic N) is 4. The Hall–Kier alpha value is -2.78. The van der Waals surface area contributed by atoms with Crippen molar-refractivity contribution in [2.45, 2.75) is 44.6 Å². The quantitative estimate of drug-likeness (QED) is 0.524. The summed E-state index contributed by atoms with van der Waals surface area (Å²) in [5.74, 6) is 1.26. The number of sulfone groups is 1. The van der Waals surface area contributed by atoms with Gasteiger partial charge in [0, 0.05) is 36.5 Å². The van der Waals surface area contributed by atoms with Gasteiger partial charge in [0.2, 0.25) is 5.95 Å². The number of likely N-dealkylation sites (tertiary alicyclic amines) is 1. The number of hydrogen-bond acceptors (Lipinski definition) is 7. The number of hydrogen-bond donors (Lipinski definition) is 1. The average molecular weight is 484 g/mol. The van der Waals surface area contributed by atoms with Gasteiger partial charge in [-0.25, -0.2) is 13.4 Å². The topological polar surface area (TPSA) is 97.2 Å². The number of nitrogens with one attached hydrogen (secondary N) is 1. The highest BCUT2D eigenvalue weighted by Crippen LogP contribution is 2.23. The van der Waals surface area contributed by atoms with Gasteiger partial charge < -0.3 is 10.2 Å². The number of aromatic nitrogens is 3. The molecule has 1 N–H and O–H groups in total. The van der Waals surface area contributed by atoms with Crippen molar-refractivity contribution in [1.29, 1.82) is 0 Å². The van der Waals surface area contributed by atoms with Crippen LogP contribution in [0.1, 0.15) is 33.1 Å². The minimum Gasteiger partial charge on any atom is -0.354 e. The van der Waals surface area contributed by atoms with E-state index in [0.717, 1.165) is 30.8 Å². The highest BCUT2D eigenvalue weighted by molar-refractivity contribution is 7.90. The Morgan fingerprint density at radius 1 is 1.09 bits per heavy atom. The first-order chi connectivity index (χ1) is 16.3. The van der Waals surface area contributed by atoms with Crippen LogP contribution in [0.25, 0.3) is 22.2 Å². The number of rotatable bonds is 8. The van der Waals surface area contributed by atoms with Crippen LogP contribution in [0.5, 0.6) is 0 Å². The molecule has 34 heavy (non-hydrogen) atoms. The molecule has 0 radical (unpaired) electrons. The van der Waals surface area contributed by atoms with Crippen molar-refractivity contribution in [1.82, 2.24) is 19.4 Å². The van der Waals surface area contributed by atoms with Crippen molar-refractivity contribution >= 4 is 26.8 Å². The second kappa shape index (κ2) is 10.2. The van der Waals surface area contributed by atoms with Crippen molar-refractivity contribution in [3.8, 4) is 11.1 Å². The van der Waals surface area contributed by atoms with E-state index in [4.69, 9.17) is 0 Å². The van der Waals surface area contributed by atoms with Crippen molar-refractivity contribution in [3.63, 3.8) is 0 Å². The summed E-state index contributed by atoms with van der Waals surface area (Å²) < 4.78 is 25.2. The molecule has 182 valence electrons. The lowest BCUT2D eigenvalue weighted by molar-refractivity contribution is 0.189. The molecule has 0 saturated carbocycles. The third-order valence-electron chi connectivity index (χ3n) is 6.73. The van der Waals surface area contributed by atoms with Gasteiger partial charge in [-0.1, -0.05) is 19.1 Å². The SMILES string of the molecule is CCN1CCC(CCNc2ncc3cc(-c4ccc(S(C)(=O)=O)cc4)c(=O)n(CC)c3n2)CC1. The van der Waals surface area contributed by atoms with Crippen LogP contribution in [-0.2, 0) is 16.4 Å². The number of piperidine rings is 1. The monoisotopic (exact) mass is 483 g/mol. The molecule has 9 heteroatoms. The van der Waals surface area contributed by atoms with Crippen LogP contribution in [0.2, 0.25) is 0 Å². The molecule has 1 aromatic carbocycles. The number of fused-ring (bicyclic) bond motifs is 1. The van der Waals surface area contributed by atoms with E-state index in [2.05, 4.69) is 27.1 Å². The van der Waals surface area contributed by atoms with E-state index in [0.29, 0.717) is 29.3 Å². The minimum absolute atomic E-state index is 0.158. The molecule has 3 heterocycles. The second-order valence-corrected chi connectivity index (χ2v) is 11.0. The number of aryl methyl sites for hydroxylation is 1. The predicted molar refractivity (Wildman–Crippen MR) is 136 cm³/mol. The summed E-state index contributed by atoms with van der Waals surface area (Å²) in [5, 5.41) is 4.10. The lowest BCUT2D eigenvalue weighted by atomic mass is 9.93. The molecular weight excluding hydrogens is 450 g/mol. The molecule has 0 amide bonds. The first kappa shape index (κ1) is 24.3. The van der Waals surface area contributed by atoms with Crippen LogP contribution in [0, 0.1) is 5.92 Å². The number of benzene rings is 1. The lowest BCUT2D eigenvalue weighted by Crippen LogP contribution is -2.33. The Morgan fingerprint density at radius 3 is 2.41 bits per heavy atom. The Bertz CT molecular complexity index is 1310. The fraction of sp³-hybridized carbons (Fsp3) is 0.480.